The van der Waals surface area contributed by atoms with Gasteiger partial charge in [0.2, 0.25) is 0 Å². The van der Waals surface area contributed by atoms with E-state index in [1.165, 1.54) is 0 Å². The van der Waals surface area contributed by atoms with Crippen LogP contribution in [-0.4, -0.2) is 43.3 Å². The molecule has 0 aromatic carbocycles. The first-order valence-electron chi connectivity index (χ1n) is 11.7. The van der Waals surface area contributed by atoms with Gasteiger partial charge in [-0.3, -0.25) is 0 Å². The zero-order chi connectivity index (χ0) is 23.6. The van der Waals surface area contributed by atoms with Gasteiger partial charge in [0.05, 0.1) is 29.8 Å². The quantitative estimate of drug-likeness (QED) is 0.120. The van der Waals surface area contributed by atoms with Crippen molar-refractivity contribution in [3.05, 3.63) is 0 Å². The highest BCUT2D eigenvalue weighted by atomic mass is 17.3. The average Bonchev–Trinajstić information content (AvgIpc) is 2.61. The molecule has 0 heterocycles. The lowest BCUT2D eigenvalue weighted by Gasteiger charge is -2.49. The predicted octanol–water partition coefficient (Wildman–Crippen LogP) is 6.47. The second-order valence-corrected chi connectivity index (χ2v) is 10.3. The maximum atomic E-state index is 6.47. The van der Waals surface area contributed by atoms with Gasteiger partial charge in [0, 0.05) is 6.61 Å². The number of hydrogen-bond acceptors (Lipinski definition) is 6. The minimum absolute atomic E-state index is 0.0381. The molecular weight excluding hydrogens is 384 g/mol. The van der Waals surface area contributed by atoms with Gasteiger partial charge in [-0.1, -0.05) is 34.1 Å². The Morgan fingerprint density at radius 1 is 0.867 bits per heavy atom. The molecule has 3 atom stereocenters. The van der Waals surface area contributed by atoms with Crippen LogP contribution in [0.25, 0.3) is 0 Å². The van der Waals surface area contributed by atoms with Crippen molar-refractivity contribution >= 4 is 0 Å². The van der Waals surface area contributed by atoms with E-state index in [1.54, 1.807) is 0 Å². The highest BCUT2D eigenvalue weighted by molar-refractivity contribution is 4.87. The van der Waals surface area contributed by atoms with E-state index >= 15 is 0 Å². The van der Waals surface area contributed by atoms with Crippen molar-refractivity contribution in [2.24, 2.45) is 11.3 Å². The highest BCUT2D eigenvalue weighted by Gasteiger charge is 2.58. The third-order valence-electron chi connectivity index (χ3n) is 4.49. The molecule has 0 aliphatic carbocycles. The molecule has 0 saturated carbocycles. The summed E-state index contributed by atoms with van der Waals surface area (Å²) in [6.07, 6.45) is 2.02. The highest BCUT2D eigenvalue weighted by Crippen LogP contribution is 2.45. The van der Waals surface area contributed by atoms with Crippen molar-refractivity contribution in [1.29, 1.82) is 0 Å². The maximum Gasteiger partial charge on any atom is 0.322 e. The van der Waals surface area contributed by atoms with E-state index in [-0.39, 0.29) is 18.1 Å². The van der Waals surface area contributed by atoms with Gasteiger partial charge in [0.1, 0.15) is 0 Å². The van der Waals surface area contributed by atoms with E-state index in [0.29, 0.717) is 13.2 Å². The molecule has 0 saturated heterocycles. The second kappa shape index (κ2) is 13.3. The fourth-order valence-corrected chi connectivity index (χ4v) is 2.53. The molecule has 30 heavy (non-hydrogen) atoms. The molecule has 6 nitrogen and oxygen atoms in total. The van der Waals surface area contributed by atoms with Gasteiger partial charge in [0.25, 0.3) is 0 Å². The van der Waals surface area contributed by atoms with Gasteiger partial charge in [-0.25, -0.2) is 4.89 Å². The summed E-state index contributed by atoms with van der Waals surface area (Å²) in [5, 5.41) is 0. The predicted molar refractivity (Wildman–Crippen MR) is 121 cm³/mol. The molecule has 0 fully saturated rings. The molecule has 0 rings (SSSR count). The first kappa shape index (κ1) is 29.8. The van der Waals surface area contributed by atoms with Gasteiger partial charge < -0.3 is 18.9 Å². The molecular formula is C24H50O6. The zero-order valence-corrected chi connectivity index (χ0v) is 21.8. The fraction of sp³-hybridized carbons (Fsp3) is 1.00. The van der Waals surface area contributed by atoms with Gasteiger partial charge in [0.15, 0.2) is 6.29 Å². The first-order valence-corrected chi connectivity index (χ1v) is 11.7. The van der Waals surface area contributed by atoms with Crippen LogP contribution in [0.1, 0.15) is 102 Å². The van der Waals surface area contributed by atoms with Gasteiger partial charge >= 0.3 is 5.97 Å². The van der Waals surface area contributed by atoms with Crippen LogP contribution in [-0.2, 0) is 28.7 Å². The van der Waals surface area contributed by atoms with Crippen molar-refractivity contribution in [3.8, 4) is 0 Å². The molecule has 0 bridgehead atoms. The summed E-state index contributed by atoms with van der Waals surface area (Å²) in [5.74, 6) is -1.24. The van der Waals surface area contributed by atoms with E-state index in [2.05, 4.69) is 20.8 Å². The van der Waals surface area contributed by atoms with E-state index in [4.69, 9.17) is 28.7 Å². The zero-order valence-electron chi connectivity index (χ0n) is 21.8. The van der Waals surface area contributed by atoms with Crippen molar-refractivity contribution in [2.75, 3.05) is 13.2 Å². The van der Waals surface area contributed by atoms with Gasteiger partial charge in [-0.15, -0.1) is 0 Å². The van der Waals surface area contributed by atoms with Crippen LogP contribution in [0.15, 0.2) is 0 Å². The van der Waals surface area contributed by atoms with Crippen molar-refractivity contribution in [2.45, 2.75) is 132 Å². The Morgan fingerprint density at radius 2 is 1.47 bits per heavy atom. The summed E-state index contributed by atoms with van der Waals surface area (Å²) in [6.45, 7) is 25.2. The topological polar surface area (TPSA) is 55.4 Å². The number of hydrogen-bond donors (Lipinski definition) is 0. The number of rotatable bonds is 16. The molecule has 3 unspecified atom stereocenters. The first-order chi connectivity index (χ1) is 13.7. The Morgan fingerprint density at radius 3 is 1.90 bits per heavy atom. The lowest BCUT2D eigenvalue weighted by Crippen LogP contribution is -2.61. The second-order valence-electron chi connectivity index (χ2n) is 10.3. The van der Waals surface area contributed by atoms with E-state index in [9.17, 15) is 0 Å². The summed E-state index contributed by atoms with van der Waals surface area (Å²) in [5.41, 5.74) is -1.40. The van der Waals surface area contributed by atoms with Crippen LogP contribution >= 0.6 is 0 Å². The van der Waals surface area contributed by atoms with Gasteiger partial charge in [-0.05, 0) is 74.1 Å². The third-order valence-corrected chi connectivity index (χ3v) is 4.49. The van der Waals surface area contributed by atoms with Crippen LogP contribution in [0.2, 0.25) is 0 Å². The van der Waals surface area contributed by atoms with Crippen molar-refractivity contribution < 1.29 is 28.7 Å². The summed E-state index contributed by atoms with van der Waals surface area (Å²) in [4.78, 5) is 11.8. The summed E-state index contributed by atoms with van der Waals surface area (Å²) < 4.78 is 25.2. The van der Waals surface area contributed by atoms with Crippen LogP contribution in [0, 0.1) is 11.3 Å². The largest absolute Gasteiger partial charge is 0.352 e. The molecule has 6 heteroatoms. The Kier molecular flexibility index (Phi) is 13.2. The number of ether oxygens (including phenoxy) is 4. The Labute approximate surface area is 186 Å². The Hall–Kier alpha value is -0.240. The summed E-state index contributed by atoms with van der Waals surface area (Å²) in [6, 6.07) is 0. The number of unbranched alkanes of at least 4 members (excludes halogenated alkanes) is 1. The van der Waals surface area contributed by atoms with E-state index < -0.39 is 23.3 Å². The molecule has 0 aliphatic heterocycles. The molecule has 0 amide bonds. The monoisotopic (exact) mass is 434 g/mol. The van der Waals surface area contributed by atoms with Crippen LogP contribution in [0.4, 0.5) is 0 Å². The standard InChI is InChI=1S/C24H50O6/c1-13-15-16-25-21(27-19(5)6)23(11,12)24(26-17-18(3)4,29-22(8,9)10)30-28-20(7)14-2/h18-21H,13-17H2,1-12H3. The Bertz CT molecular complexity index is 443. The van der Waals surface area contributed by atoms with Crippen LogP contribution in [0.5, 0.6) is 0 Å². The minimum Gasteiger partial charge on any atom is -0.352 e. The third kappa shape index (κ3) is 10.4. The van der Waals surface area contributed by atoms with Crippen molar-refractivity contribution in [3.63, 3.8) is 0 Å². The SMILES string of the molecule is CCCCOC(OC(C)C)C(C)(C)C(OCC(C)C)(OOC(C)CC)OC(C)(C)C. The molecule has 0 radical (unpaired) electrons. The summed E-state index contributed by atoms with van der Waals surface area (Å²) >= 11 is 0. The van der Waals surface area contributed by atoms with Crippen LogP contribution in [0.3, 0.4) is 0 Å². The van der Waals surface area contributed by atoms with E-state index in [0.717, 1.165) is 19.3 Å². The fourth-order valence-electron chi connectivity index (χ4n) is 2.53. The molecule has 0 aromatic heterocycles. The average molecular weight is 435 g/mol. The van der Waals surface area contributed by atoms with Crippen molar-refractivity contribution in [1.82, 2.24) is 0 Å². The maximum absolute atomic E-state index is 6.47. The molecule has 0 N–H and O–H groups in total. The lowest BCUT2D eigenvalue weighted by molar-refractivity contribution is -0.567. The molecule has 0 spiro atoms. The van der Waals surface area contributed by atoms with E-state index in [1.807, 2.05) is 62.3 Å². The van der Waals surface area contributed by atoms with Gasteiger partial charge in [-0.2, -0.15) is 4.89 Å². The normalized spacial score (nSPS) is 17.4. The molecule has 182 valence electrons. The Balaban J connectivity index is 6.19. The molecule has 0 aliphatic rings. The van der Waals surface area contributed by atoms with Crippen LogP contribution < -0.4 is 0 Å². The minimum atomic E-state index is -1.52. The molecule has 0 aromatic rings. The smallest absolute Gasteiger partial charge is 0.322 e. The summed E-state index contributed by atoms with van der Waals surface area (Å²) in [7, 11) is 0. The lowest BCUT2D eigenvalue weighted by atomic mass is 9.87.